The molecule has 0 saturated heterocycles. The van der Waals surface area contributed by atoms with Gasteiger partial charge in [0.2, 0.25) is 0 Å². The second kappa shape index (κ2) is 4.22. The van der Waals surface area contributed by atoms with Crippen LogP contribution in [0.15, 0.2) is 5.11 Å². The first kappa shape index (κ1) is 11.4. The summed E-state index contributed by atoms with van der Waals surface area (Å²) in [7, 11) is 0. The summed E-state index contributed by atoms with van der Waals surface area (Å²) in [4.78, 5) is 3.02. The fraction of sp³-hybridized carbons (Fsp3) is 1.00. The van der Waals surface area contributed by atoms with E-state index in [-0.39, 0.29) is 5.54 Å². The molecule has 0 heterocycles. The molecule has 0 aromatic rings. The third kappa shape index (κ3) is 2.21. The minimum atomic E-state index is -0.152. The molecule has 1 saturated carbocycles. The molecule has 80 valence electrons. The Kier molecular flexibility index (Phi) is 3.43. The predicted molar refractivity (Wildman–Crippen MR) is 58.9 cm³/mol. The summed E-state index contributed by atoms with van der Waals surface area (Å²) in [5, 5.41) is 4.05. The highest BCUT2D eigenvalue weighted by atomic mass is 15.2. The quantitative estimate of drug-likeness (QED) is 0.361. The average Bonchev–Trinajstić information content (AvgIpc) is 2.02. The van der Waals surface area contributed by atoms with Crippen LogP contribution in [0.25, 0.3) is 10.4 Å². The van der Waals surface area contributed by atoms with E-state index in [9.17, 15) is 0 Å². The molecule has 0 bridgehead atoms. The van der Waals surface area contributed by atoms with Gasteiger partial charge in [-0.25, -0.2) is 0 Å². The predicted octanol–water partition coefficient (Wildman–Crippen LogP) is 4.15. The first-order valence-electron chi connectivity index (χ1n) is 5.56. The van der Waals surface area contributed by atoms with Gasteiger partial charge < -0.3 is 0 Å². The van der Waals surface area contributed by atoms with Crippen molar-refractivity contribution < 1.29 is 0 Å². The van der Waals surface area contributed by atoms with E-state index >= 15 is 0 Å². The minimum absolute atomic E-state index is 0.152. The van der Waals surface area contributed by atoms with Crippen LogP contribution in [0.1, 0.15) is 47.0 Å². The average molecular weight is 195 g/mol. The summed E-state index contributed by atoms with van der Waals surface area (Å²) in [6, 6.07) is 0. The SMILES string of the molecule is CC(C)[C@@H]1CC[C@@H](C)CC1(C)N=[N+]=[N-]. The van der Waals surface area contributed by atoms with Crippen LogP contribution in [-0.4, -0.2) is 5.54 Å². The van der Waals surface area contributed by atoms with E-state index in [1.807, 2.05) is 0 Å². The number of nitrogens with zero attached hydrogens (tertiary/aromatic N) is 3. The lowest BCUT2D eigenvalue weighted by Gasteiger charge is -2.43. The van der Waals surface area contributed by atoms with Crippen LogP contribution in [0.3, 0.4) is 0 Å². The lowest BCUT2D eigenvalue weighted by molar-refractivity contribution is 0.125. The molecule has 0 aromatic heterocycles. The van der Waals surface area contributed by atoms with Crippen LogP contribution in [0.2, 0.25) is 0 Å². The highest BCUT2D eigenvalue weighted by Gasteiger charge is 2.39. The monoisotopic (exact) mass is 195 g/mol. The van der Waals surface area contributed by atoms with Crippen molar-refractivity contribution in [1.82, 2.24) is 0 Å². The summed E-state index contributed by atoms with van der Waals surface area (Å²) >= 11 is 0. The molecule has 0 N–H and O–H groups in total. The molecule has 0 radical (unpaired) electrons. The summed E-state index contributed by atoms with van der Waals surface area (Å²) in [5.74, 6) is 1.85. The van der Waals surface area contributed by atoms with Crippen LogP contribution in [0, 0.1) is 17.8 Å². The summed E-state index contributed by atoms with van der Waals surface area (Å²) in [5.41, 5.74) is 8.48. The Bertz CT molecular complexity index is 243. The van der Waals surface area contributed by atoms with E-state index in [0.717, 1.165) is 6.42 Å². The van der Waals surface area contributed by atoms with Crippen LogP contribution in [-0.2, 0) is 0 Å². The number of hydrogen-bond acceptors (Lipinski definition) is 1. The Morgan fingerprint density at radius 3 is 2.57 bits per heavy atom. The van der Waals surface area contributed by atoms with Crippen LogP contribution in [0.4, 0.5) is 0 Å². The molecule has 3 atom stereocenters. The Hall–Kier alpha value is -0.690. The third-order valence-electron chi connectivity index (χ3n) is 3.61. The zero-order valence-corrected chi connectivity index (χ0v) is 9.70. The van der Waals surface area contributed by atoms with Crippen molar-refractivity contribution in [3.63, 3.8) is 0 Å². The molecule has 0 amide bonds. The van der Waals surface area contributed by atoms with Crippen molar-refractivity contribution in [1.29, 1.82) is 0 Å². The Morgan fingerprint density at radius 2 is 2.07 bits per heavy atom. The van der Waals surface area contributed by atoms with Gasteiger partial charge >= 0.3 is 0 Å². The van der Waals surface area contributed by atoms with Crippen molar-refractivity contribution in [2.45, 2.75) is 52.5 Å². The van der Waals surface area contributed by atoms with E-state index in [1.165, 1.54) is 12.8 Å². The van der Waals surface area contributed by atoms with Gasteiger partial charge in [0.1, 0.15) is 0 Å². The smallest absolute Gasteiger partial charge is 0.0493 e. The Balaban J connectivity index is 2.88. The lowest BCUT2D eigenvalue weighted by atomic mass is 9.66. The van der Waals surface area contributed by atoms with E-state index in [1.54, 1.807) is 0 Å². The highest BCUT2D eigenvalue weighted by Crippen LogP contribution is 2.43. The largest absolute Gasteiger partial charge is 0.0872 e. The molecule has 0 spiro atoms. The number of rotatable bonds is 2. The van der Waals surface area contributed by atoms with E-state index < -0.39 is 0 Å². The standard InChI is InChI=1S/C11H21N3/c1-8(2)10-6-5-9(3)7-11(10,4)13-14-12/h8-10H,5-7H2,1-4H3/t9-,10+,11?/m1/s1. The van der Waals surface area contributed by atoms with Gasteiger partial charge in [-0.2, -0.15) is 0 Å². The molecular weight excluding hydrogens is 174 g/mol. The molecule has 0 aliphatic heterocycles. The normalized spacial score (nSPS) is 38.1. The summed E-state index contributed by atoms with van der Waals surface area (Å²) in [6.07, 6.45) is 3.52. The summed E-state index contributed by atoms with van der Waals surface area (Å²) in [6.45, 7) is 8.83. The molecular formula is C11H21N3. The fourth-order valence-electron chi connectivity index (χ4n) is 3.00. The zero-order valence-electron chi connectivity index (χ0n) is 9.70. The first-order chi connectivity index (χ1) is 6.49. The van der Waals surface area contributed by atoms with Gasteiger partial charge in [-0.1, -0.05) is 39.2 Å². The van der Waals surface area contributed by atoms with Gasteiger partial charge in [-0.05, 0) is 36.1 Å². The van der Waals surface area contributed by atoms with Crippen molar-refractivity contribution in [2.75, 3.05) is 0 Å². The van der Waals surface area contributed by atoms with Gasteiger partial charge in [0, 0.05) is 10.5 Å². The highest BCUT2D eigenvalue weighted by molar-refractivity contribution is 4.96. The van der Waals surface area contributed by atoms with Gasteiger partial charge in [-0.15, -0.1) is 0 Å². The maximum atomic E-state index is 8.63. The molecule has 3 heteroatoms. The lowest BCUT2D eigenvalue weighted by Crippen LogP contribution is -2.41. The second-order valence-electron chi connectivity index (χ2n) is 5.28. The molecule has 1 unspecified atom stereocenters. The van der Waals surface area contributed by atoms with E-state index in [4.69, 9.17) is 5.53 Å². The summed E-state index contributed by atoms with van der Waals surface area (Å²) < 4.78 is 0. The maximum Gasteiger partial charge on any atom is 0.0493 e. The van der Waals surface area contributed by atoms with Crippen molar-refractivity contribution in [3.8, 4) is 0 Å². The first-order valence-corrected chi connectivity index (χ1v) is 5.56. The molecule has 1 aliphatic rings. The Labute approximate surface area is 86.5 Å². The maximum absolute atomic E-state index is 8.63. The van der Waals surface area contributed by atoms with Crippen LogP contribution in [0.5, 0.6) is 0 Å². The Morgan fingerprint density at radius 1 is 1.43 bits per heavy atom. The molecule has 3 nitrogen and oxygen atoms in total. The van der Waals surface area contributed by atoms with Crippen LogP contribution < -0.4 is 0 Å². The van der Waals surface area contributed by atoms with Crippen molar-refractivity contribution in [3.05, 3.63) is 10.4 Å². The van der Waals surface area contributed by atoms with Gasteiger partial charge in [-0.3, -0.25) is 0 Å². The van der Waals surface area contributed by atoms with Crippen molar-refractivity contribution in [2.24, 2.45) is 22.9 Å². The second-order valence-corrected chi connectivity index (χ2v) is 5.28. The third-order valence-corrected chi connectivity index (χ3v) is 3.61. The molecule has 1 fully saturated rings. The topological polar surface area (TPSA) is 48.8 Å². The van der Waals surface area contributed by atoms with Gasteiger partial charge in [0.25, 0.3) is 0 Å². The minimum Gasteiger partial charge on any atom is -0.0872 e. The fourth-order valence-corrected chi connectivity index (χ4v) is 3.00. The zero-order chi connectivity index (χ0) is 10.8. The van der Waals surface area contributed by atoms with E-state index in [2.05, 4.69) is 37.7 Å². The molecule has 1 aliphatic carbocycles. The molecule has 1 rings (SSSR count). The van der Waals surface area contributed by atoms with E-state index in [0.29, 0.717) is 17.8 Å². The van der Waals surface area contributed by atoms with Crippen LogP contribution >= 0.6 is 0 Å². The number of azide groups is 1. The number of hydrogen-bond donors (Lipinski definition) is 0. The molecule has 14 heavy (non-hydrogen) atoms. The van der Waals surface area contributed by atoms with Crippen molar-refractivity contribution >= 4 is 0 Å². The van der Waals surface area contributed by atoms with Gasteiger partial charge in [0.05, 0.1) is 0 Å². The van der Waals surface area contributed by atoms with Gasteiger partial charge in [0.15, 0.2) is 0 Å². The molecule has 0 aromatic carbocycles.